The van der Waals surface area contributed by atoms with Crippen molar-refractivity contribution in [1.29, 1.82) is 5.53 Å². The third-order valence-corrected chi connectivity index (χ3v) is 5.20. The van der Waals surface area contributed by atoms with Crippen molar-refractivity contribution in [3.63, 3.8) is 0 Å². The molecule has 1 aromatic rings. The summed E-state index contributed by atoms with van der Waals surface area (Å²) in [5.41, 5.74) is 6.77. The van der Waals surface area contributed by atoms with Crippen molar-refractivity contribution in [1.82, 2.24) is 10.2 Å². The molecule has 2 aliphatic heterocycles. The van der Waals surface area contributed by atoms with Gasteiger partial charge in [-0.3, -0.25) is 10.3 Å². The number of aliphatic imine (C=N–C) groups is 1. The topological polar surface area (TPSA) is 121 Å². The number of carboxylic acid groups (broad SMARTS) is 1. The molecule has 10 heteroatoms. The van der Waals surface area contributed by atoms with Gasteiger partial charge in [0.2, 0.25) is 4.91 Å². The summed E-state index contributed by atoms with van der Waals surface area (Å²) in [7, 11) is 0. The van der Waals surface area contributed by atoms with Gasteiger partial charge in [-0.05, 0) is 17.7 Å². The van der Waals surface area contributed by atoms with Gasteiger partial charge in [-0.1, -0.05) is 17.8 Å². The van der Waals surface area contributed by atoms with Crippen LogP contribution in [0.1, 0.15) is 12.0 Å². The van der Waals surface area contributed by atoms with Gasteiger partial charge in [-0.15, -0.1) is 0 Å². The Kier molecular flexibility index (Phi) is 4.61. The molecule has 3 N–H and O–H groups in total. The minimum absolute atomic E-state index is 0.0295. The molecule has 0 spiro atoms. The molecule has 0 radical (unpaired) electrons. The molecular weight excluding hydrogens is 337 g/mol. The van der Waals surface area contributed by atoms with Crippen LogP contribution in [0.4, 0.5) is 14.9 Å². The number of thioether (sulfide) groups is 1. The number of amidine groups is 1. The van der Waals surface area contributed by atoms with Gasteiger partial charge in [0.25, 0.3) is 0 Å². The Balaban J connectivity index is 2.09. The molecule has 1 amide bonds. The standard InChI is InChI=1S/C14H14FN5O3S/c15-10-2-1-8(5-11(10)19-20-16)14-3-4-23-6-9(14)7-24-12(18-14)17-13(21)22/h1-2,5,9,16H,3-4,6-7H2,(H-,17,18,21,22)/p+1/t9?,14-/m1/s1. The number of halogens is 1. The maximum atomic E-state index is 13.8. The summed E-state index contributed by atoms with van der Waals surface area (Å²) in [5.74, 6) is 0.0841. The summed E-state index contributed by atoms with van der Waals surface area (Å²) >= 11 is 1.32. The van der Waals surface area contributed by atoms with E-state index in [-0.39, 0.29) is 11.6 Å². The second kappa shape index (κ2) is 6.68. The number of fused-ring (bicyclic) bond motifs is 1. The molecule has 24 heavy (non-hydrogen) atoms. The number of amides is 1. The fraction of sp³-hybridized carbons (Fsp3) is 0.429. The molecule has 2 atom stereocenters. The lowest BCUT2D eigenvalue weighted by molar-refractivity contribution is 0.01000. The molecule has 8 nitrogen and oxygen atoms in total. The lowest BCUT2D eigenvalue weighted by atomic mass is 9.75. The summed E-state index contributed by atoms with van der Waals surface area (Å²) in [5, 5.41) is 15.0. The average molecular weight is 352 g/mol. The highest BCUT2D eigenvalue weighted by atomic mass is 32.2. The van der Waals surface area contributed by atoms with Crippen LogP contribution < -0.4 is 10.2 Å². The molecule has 1 saturated heterocycles. The third-order valence-electron chi connectivity index (χ3n) is 4.16. The van der Waals surface area contributed by atoms with Crippen LogP contribution in [-0.2, 0) is 10.3 Å². The molecule has 0 saturated carbocycles. The molecule has 0 aliphatic carbocycles. The van der Waals surface area contributed by atoms with Gasteiger partial charge in [0.1, 0.15) is 5.53 Å². The average Bonchev–Trinajstić information content (AvgIpc) is 2.56. The summed E-state index contributed by atoms with van der Waals surface area (Å²) in [4.78, 5) is 18.5. The van der Waals surface area contributed by atoms with Crippen LogP contribution in [0.15, 0.2) is 28.3 Å². The number of hydrogen-bond donors (Lipinski definition) is 3. The highest BCUT2D eigenvalue weighted by Gasteiger charge is 2.46. The first-order valence-corrected chi connectivity index (χ1v) is 8.21. The minimum Gasteiger partial charge on any atom is -0.465 e. The van der Waals surface area contributed by atoms with E-state index in [4.69, 9.17) is 15.4 Å². The third kappa shape index (κ3) is 3.03. The maximum absolute atomic E-state index is 13.8. The number of rotatable bonds is 2. The van der Waals surface area contributed by atoms with Gasteiger partial charge in [-0.2, -0.15) is 0 Å². The second-order valence-corrected chi connectivity index (χ2v) is 6.48. The normalized spacial score (nSPS) is 25.9. The second-order valence-electron chi connectivity index (χ2n) is 5.47. The van der Waals surface area contributed by atoms with Crippen molar-refractivity contribution in [3.8, 4) is 0 Å². The lowest BCUT2D eigenvalue weighted by Gasteiger charge is -2.44. The molecular formula is C14H15FN5O3S+. The Morgan fingerprint density at radius 2 is 2.46 bits per heavy atom. The van der Waals surface area contributed by atoms with E-state index < -0.39 is 17.4 Å². The first-order valence-electron chi connectivity index (χ1n) is 7.23. The maximum Gasteiger partial charge on any atom is 0.410 e. The summed E-state index contributed by atoms with van der Waals surface area (Å²) < 4.78 is 19.3. The van der Waals surface area contributed by atoms with Crippen LogP contribution in [0.5, 0.6) is 0 Å². The van der Waals surface area contributed by atoms with Crippen LogP contribution >= 0.6 is 11.8 Å². The van der Waals surface area contributed by atoms with Gasteiger partial charge in [0.05, 0.1) is 12.1 Å². The van der Waals surface area contributed by atoms with Gasteiger partial charge in [-0.25, -0.2) is 9.18 Å². The molecule has 1 fully saturated rings. The number of carbonyl (C=O) groups is 1. The molecule has 1 aromatic carbocycles. The van der Waals surface area contributed by atoms with Crippen LogP contribution in [0, 0.1) is 17.3 Å². The Bertz CT molecular complexity index is 752. The van der Waals surface area contributed by atoms with E-state index in [1.54, 1.807) is 6.07 Å². The van der Waals surface area contributed by atoms with E-state index in [2.05, 4.69) is 20.3 Å². The predicted molar refractivity (Wildman–Crippen MR) is 85.0 cm³/mol. The SMILES string of the molecule is N=[N+]=Nc1cc([C@]23CCOCC2CSC(NC(=O)O)=N3)ccc1F. The zero-order valence-corrected chi connectivity index (χ0v) is 13.3. The van der Waals surface area contributed by atoms with E-state index in [0.717, 1.165) is 0 Å². The first-order chi connectivity index (χ1) is 11.5. The zero-order chi connectivity index (χ0) is 17.2. The molecule has 2 aliphatic rings. The quantitative estimate of drug-likeness (QED) is 0.559. The molecule has 1 unspecified atom stereocenters. The number of nitrogens with zero attached hydrogens (tertiary/aromatic N) is 3. The Morgan fingerprint density at radius 3 is 3.21 bits per heavy atom. The number of nitrogens with one attached hydrogen (secondary N) is 2. The van der Waals surface area contributed by atoms with Crippen molar-refractivity contribution < 1.29 is 19.0 Å². The fourth-order valence-electron chi connectivity index (χ4n) is 3.03. The van der Waals surface area contributed by atoms with E-state index in [1.807, 2.05) is 0 Å². The van der Waals surface area contributed by atoms with Crippen LogP contribution in [0.2, 0.25) is 0 Å². The van der Waals surface area contributed by atoms with Gasteiger partial charge in [0.15, 0.2) is 21.8 Å². The van der Waals surface area contributed by atoms with E-state index in [1.165, 1.54) is 23.9 Å². The van der Waals surface area contributed by atoms with Crippen molar-refractivity contribution in [2.24, 2.45) is 16.0 Å². The van der Waals surface area contributed by atoms with Crippen molar-refractivity contribution in [2.75, 3.05) is 19.0 Å². The highest BCUT2D eigenvalue weighted by Crippen LogP contribution is 2.46. The molecule has 0 bridgehead atoms. The van der Waals surface area contributed by atoms with Gasteiger partial charge >= 0.3 is 6.09 Å². The lowest BCUT2D eigenvalue weighted by Crippen LogP contribution is -2.47. The van der Waals surface area contributed by atoms with E-state index in [9.17, 15) is 9.18 Å². The monoisotopic (exact) mass is 352 g/mol. The Morgan fingerprint density at radius 1 is 1.62 bits per heavy atom. The number of ether oxygens (including phenoxy) is 1. The van der Waals surface area contributed by atoms with Gasteiger partial charge < -0.3 is 9.84 Å². The van der Waals surface area contributed by atoms with Crippen LogP contribution in [0.25, 0.3) is 0 Å². The number of hydrogen-bond acceptors (Lipinski definition) is 6. The Hall–Kier alpha value is -2.29. The van der Waals surface area contributed by atoms with Crippen LogP contribution in [0.3, 0.4) is 0 Å². The Labute approximate surface area is 140 Å². The largest absolute Gasteiger partial charge is 0.465 e. The zero-order valence-electron chi connectivity index (χ0n) is 12.5. The van der Waals surface area contributed by atoms with Crippen molar-refractivity contribution in [3.05, 3.63) is 29.6 Å². The van der Waals surface area contributed by atoms with Crippen molar-refractivity contribution >= 4 is 28.7 Å². The highest BCUT2D eigenvalue weighted by molar-refractivity contribution is 8.13. The summed E-state index contributed by atoms with van der Waals surface area (Å²) in [6, 6.07) is 4.40. The molecule has 0 aromatic heterocycles. The number of benzene rings is 1. The molecule has 126 valence electrons. The van der Waals surface area contributed by atoms with Crippen LogP contribution in [-0.4, -0.2) is 35.3 Å². The summed E-state index contributed by atoms with van der Waals surface area (Å²) in [6.45, 7) is 0.960. The smallest absolute Gasteiger partial charge is 0.410 e. The molecule has 3 rings (SSSR count). The fourth-order valence-corrected chi connectivity index (χ4v) is 4.15. The minimum atomic E-state index is -1.18. The van der Waals surface area contributed by atoms with E-state index >= 15 is 0 Å². The van der Waals surface area contributed by atoms with E-state index in [0.29, 0.717) is 36.1 Å². The molecule has 2 heterocycles. The first kappa shape index (κ1) is 16.6. The predicted octanol–water partition coefficient (Wildman–Crippen LogP) is 2.61. The van der Waals surface area contributed by atoms with Crippen molar-refractivity contribution in [2.45, 2.75) is 12.0 Å². The summed E-state index contributed by atoms with van der Waals surface area (Å²) in [6.07, 6.45) is -0.628. The van der Waals surface area contributed by atoms with Gasteiger partial charge in [0, 0.05) is 24.7 Å².